The van der Waals surface area contributed by atoms with Crippen LogP contribution in [0.25, 0.3) is 0 Å². The molecule has 0 radical (unpaired) electrons. The molecule has 1 N–H and O–H groups in total. The van der Waals surface area contributed by atoms with Crippen LogP contribution in [0.4, 0.5) is 11.4 Å². The maximum absolute atomic E-state index is 12.8. The highest BCUT2D eigenvalue weighted by Gasteiger charge is 2.40. The van der Waals surface area contributed by atoms with Crippen molar-refractivity contribution in [2.75, 3.05) is 31.0 Å². The number of rotatable bonds is 7. The van der Waals surface area contributed by atoms with Crippen LogP contribution in [0.5, 0.6) is 17.2 Å². The first-order valence-corrected chi connectivity index (χ1v) is 8.65. The Morgan fingerprint density at radius 1 is 1.04 bits per heavy atom. The minimum atomic E-state index is -0.637. The summed E-state index contributed by atoms with van der Waals surface area (Å²) in [5.74, 6) is 1.13. The van der Waals surface area contributed by atoms with Crippen LogP contribution < -0.4 is 24.4 Å². The second-order valence-corrected chi connectivity index (χ2v) is 5.96. The standard InChI is InChI=1S/C20H22N2O5/c1-4-27-14-7-5-13(6-8-14)21-16-12-19(23)22(20(16)24)17-10-9-15(25-2)11-18(17)26-3/h5-11,16,21H,4,12H2,1-3H3/t16-/m1/s1. The maximum Gasteiger partial charge on any atom is 0.256 e. The van der Waals surface area contributed by atoms with E-state index in [1.54, 1.807) is 18.2 Å². The van der Waals surface area contributed by atoms with Gasteiger partial charge in [-0.1, -0.05) is 0 Å². The predicted octanol–water partition coefficient (Wildman–Crippen LogP) is 2.85. The van der Waals surface area contributed by atoms with Crippen LogP contribution in [0.2, 0.25) is 0 Å². The van der Waals surface area contributed by atoms with Crippen molar-refractivity contribution >= 4 is 23.2 Å². The van der Waals surface area contributed by atoms with Gasteiger partial charge in [-0.05, 0) is 43.3 Å². The van der Waals surface area contributed by atoms with E-state index in [9.17, 15) is 9.59 Å². The van der Waals surface area contributed by atoms with Crippen molar-refractivity contribution in [1.82, 2.24) is 0 Å². The number of methoxy groups -OCH3 is 2. The van der Waals surface area contributed by atoms with Crippen LogP contribution >= 0.6 is 0 Å². The topological polar surface area (TPSA) is 77.1 Å². The van der Waals surface area contributed by atoms with Gasteiger partial charge in [0.05, 0.1) is 32.9 Å². The maximum atomic E-state index is 12.8. The highest BCUT2D eigenvalue weighted by molar-refractivity contribution is 6.23. The highest BCUT2D eigenvalue weighted by atomic mass is 16.5. The van der Waals surface area contributed by atoms with Crippen LogP contribution in [-0.4, -0.2) is 38.7 Å². The van der Waals surface area contributed by atoms with E-state index in [1.165, 1.54) is 14.2 Å². The zero-order valence-electron chi connectivity index (χ0n) is 15.5. The molecule has 0 spiro atoms. The summed E-state index contributed by atoms with van der Waals surface area (Å²) < 4.78 is 15.9. The van der Waals surface area contributed by atoms with Gasteiger partial charge in [0.25, 0.3) is 5.91 Å². The second kappa shape index (κ2) is 7.99. The molecule has 7 heteroatoms. The Morgan fingerprint density at radius 3 is 2.37 bits per heavy atom. The first kappa shape index (κ1) is 18.6. The molecule has 7 nitrogen and oxygen atoms in total. The molecular formula is C20H22N2O5. The lowest BCUT2D eigenvalue weighted by atomic mass is 10.2. The van der Waals surface area contributed by atoms with Gasteiger partial charge in [-0.25, -0.2) is 4.90 Å². The van der Waals surface area contributed by atoms with Crippen molar-refractivity contribution in [1.29, 1.82) is 0 Å². The van der Waals surface area contributed by atoms with E-state index >= 15 is 0 Å². The van der Waals surface area contributed by atoms with Crippen molar-refractivity contribution in [2.24, 2.45) is 0 Å². The Kier molecular flexibility index (Phi) is 5.49. The van der Waals surface area contributed by atoms with Gasteiger partial charge >= 0.3 is 0 Å². The lowest BCUT2D eigenvalue weighted by Crippen LogP contribution is -2.35. The SMILES string of the molecule is CCOc1ccc(N[C@@H]2CC(=O)N(c3ccc(OC)cc3OC)C2=O)cc1. The molecule has 1 saturated heterocycles. The minimum absolute atomic E-state index is 0.0707. The third-order valence-electron chi connectivity index (χ3n) is 4.28. The first-order chi connectivity index (χ1) is 13.1. The first-order valence-electron chi connectivity index (χ1n) is 8.65. The fourth-order valence-electron chi connectivity index (χ4n) is 2.98. The number of nitrogens with one attached hydrogen (secondary N) is 1. The molecule has 142 valence electrons. The Bertz CT molecular complexity index is 835. The molecule has 3 rings (SSSR count). The molecule has 0 aliphatic carbocycles. The molecule has 1 heterocycles. The van der Waals surface area contributed by atoms with E-state index in [0.717, 1.165) is 16.3 Å². The molecule has 2 amide bonds. The Labute approximate surface area is 157 Å². The fraction of sp³-hybridized carbons (Fsp3) is 0.300. The minimum Gasteiger partial charge on any atom is -0.497 e. The number of imide groups is 1. The summed E-state index contributed by atoms with van der Waals surface area (Å²) in [4.78, 5) is 26.5. The Balaban J connectivity index is 1.79. The molecule has 27 heavy (non-hydrogen) atoms. The Hall–Kier alpha value is -3.22. The van der Waals surface area contributed by atoms with E-state index in [0.29, 0.717) is 23.8 Å². The van der Waals surface area contributed by atoms with Crippen molar-refractivity contribution in [3.05, 3.63) is 42.5 Å². The van der Waals surface area contributed by atoms with Gasteiger partial charge in [0, 0.05) is 11.8 Å². The number of nitrogens with zero attached hydrogens (tertiary/aromatic N) is 1. The summed E-state index contributed by atoms with van der Waals surface area (Å²) in [5, 5.41) is 3.12. The molecule has 1 aliphatic heterocycles. The molecule has 2 aromatic rings. The molecule has 0 saturated carbocycles. The molecule has 0 aromatic heterocycles. The summed E-state index contributed by atoms with van der Waals surface area (Å²) in [5.41, 5.74) is 1.15. The summed E-state index contributed by atoms with van der Waals surface area (Å²) in [6.07, 6.45) is 0.0707. The fourth-order valence-corrected chi connectivity index (χ4v) is 2.98. The lowest BCUT2D eigenvalue weighted by Gasteiger charge is -2.19. The van der Waals surface area contributed by atoms with E-state index in [-0.39, 0.29) is 18.2 Å². The number of hydrogen-bond acceptors (Lipinski definition) is 6. The number of hydrogen-bond donors (Lipinski definition) is 1. The molecular weight excluding hydrogens is 348 g/mol. The second-order valence-electron chi connectivity index (χ2n) is 5.96. The zero-order chi connectivity index (χ0) is 19.4. The number of carbonyl (C=O) groups is 2. The van der Waals surface area contributed by atoms with Crippen molar-refractivity contribution in [3.8, 4) is 17.2 Å². The summed E-state index contributed by atoms with van der Waals surface area (Å²) in [7, 11) is 3.02. The van der Waals surface area contributed by atoms with Crippen LogP contribution in [-0.2, 0) is 9.59 Å². The number of benzene rings is 2. The van der Waals surface area contributed by atoms with E-state index in [4.69, 9.17) is 14.2 Å². The van der Waals surface area contributed by atoms with Crippen molar-refractivity contribution in [2.45, 2.75) is 19.4 Å². The van der Waals surface area contributed by atoms with E-state index in [2.05, 4.69) is 5.32 Å². The molecule has 2 aromatic carbocycles. The van der Waals surface area contributed by atoms with Gasteiger partial charge in [-0.3, -0.25) is 9.59 Å². The number of amides is 2. The van der Waals surface area contributed by atoms with Crippen molar-refractivity contribution < 1.29 is 23.8 Å². The van der Waals surface area contributed by atoms with Crippen LogP contribution in [0.15, 0.2) is 42.5 Å². The molecule has 1 atom stereocenters. The average Bonchev–Trinajstić information content (AvgIpc) is 2.96. The van der Waals surface area contributed by atoms with Crippen LogP contribution in [0.3, 0.4) is 0 Å². The molecule has 1 aliphatic rings. The highest BCUT2D eigenvalue weighted by Crippen LogP contribution is 2.35. The zero-order valence-corrected chi connectivity index (χ0v) is 15.5. The normalized spacial score (nSPS) is 16.4. The summed E-state index contributed by atoms with van der Waals surface area (Å²) in [6.45, 7) is 2.50. The van der Waals surface area contributed by atoms with Gasteiger partial charge in [-0.2, -0.15) is 0 Å². The van der Waals surface area contributed by atoms with Gasteiger partial charge in [0.1, 0.15) is 23.3 Å². The van der Waals surface area contributed by atoms with Gasteiger partial charge in [0.2, 0.25) is 5.91 Å². The molecule has 0 bridgehead atoms. The summed E-state index contributed by atoms with van der Waals surface area (Å²) >= 11 is 0. The molecule has 1 fully saturated rings. The van der Waals surface area contributed by atoms with Crippen LogP contribution in [0, 0.1) is 0 Å². The largest absolute Gasteiger partial charge is 0.497 e. The number of carbonyl (C=O) groups excluding carboxylic acids is 2. The third-order valence-corrected chi connectivity index (χ3v) is 4.28. The van der Waals surface area contributed by atoms with Gasteiger partial charge in [-0.15, -0.1) is 0 Å². The number of ether oxygens (including phenoxy) is 3. The molecule has 0 unspecified atom stereocenters. The lowest BCUT2D eigenvalue weighted by molar-refractivity contribution is -0.121. The van der Waals surface area contributed by atoms with Crippen molar-refractivity contribution in [3.63, 3.8) is 0 Å². The van der Waals surface area contributed by atoms with E-state index in [1.807, 2.05) is 31.2 Å². The Morgan fingerprint density at radius 2 is 1.74 bits per heavy atom. The number of anilines is 2. The smallest absolute Gasteiger partial charge is 0.256 e. The van der Waals surface area contributed by atoms with Gasteiger partial charge < -0.3 is 19.5 Å². The quantitative estimate of drug-likeness (QED) is 0.755. The van der Waals surface area contributed by atoms with Crippen LogP contribution in [0.1, 0.15) is 13.3 Å². The average molecular weight is 370 g/mol. The van der Waals surface area contributed by atoms with E-state index < -0.39 is 6.04 Å². The third kappa shape index (κ3) is 3.81. The monoisotopic (exact) mass is 370 g/mol. The predicted molar refractivity (Wildman–Crippen MR) is 102 cm³/mol. The summed E-state index contributed by atoms with van der Waals surface area (Å²) in [6, 6.07) is 11.6. The van der Waals surface area contributed by atoms with Gasteiger partial charge in [0.15, 0.2) is 0 Å².